The number of hydrogen-bond acceptors (Lipinski definition) is 3. The van der Waals surface area contributed by atoms with Gasteiger partial charge in [-0.15, -0.1) is 0 Å². The minimum Gasteiger partial charge on any atom is -0.354 e. The number of anilines is 1. The van der Waals surface area contributed by atoms with Crippen molar-refractivity contribution < 1.29 is 0 Å². The van der Waals surface area contributed by atoms with E-state index in [-0.39, 0.29) is 0 Å². The minimum atomic E-state index is 0.625. The summed E-state index contributed by atoms with van der Waals surface area (Å²) in [5.41, 5.74) is 0. The lowest BCUT2D eigenvalue weighted by Gasteiger charge is -2.36. The van der Waals surface area contributed by atoms with Crippen LogP contribution in [-0.4, -0.2) is 31.2 Å². The van der Waals surface area contributed by atoms with E-state index in [2.05, 4.69) is 22.2 Å². The van der Waals surface area contributed by atoms with Crippen LogP contribution in [0.25, 0.3) is 0 Å². The van der Waals surface area contributed by atoms with Gasteiger partial charge >= 0.3 is 0 Å². The topological polar surface area (TPSA) is 28.2 Å². The Morgan fingerprint density at radius 3 is 2.83 bits per heavy atom. The molecule has 1 aliphatic heterocycles. The van der Waals surface area contributed by atoms with E-state index >= 15 is 0 Å². The van der Waals surface area contributed by atoms with Crippen LogP contribution in [0.1, 0.15) is 0 Å². The maximum Gasteiger partial charge on any atom is 0.128 e. The van der Waals surface area contributed by atoms with Crippen LogP contribution in [0.5, 0.6) is 0 Å². The molecule has 0 amide bonds. The Balaban J connectivity index is 2.08. The molecule has 3 nitrogen and oxygen atoms in total. The summed E-state index contributed by atoms with van der Waals surface area (Å²) in [4.78, 5) is 6.50. The molecule has 0 aliphatic carbocycles. The van der Waals surface area contributed by atoms with Crippen molar-refractivity contribution in [3.8, 4) is 0 Å². The lowest BCUT2D eigenvalue weighted by Crippen LogP contribution is -2.56. The van der Waals surface area contributed by atoms with Gasteiger partial charge in [0.1, 0.15) is 5.82 Å². The summed E-state index contributed by atoms with van der Waals surface area (Å²) in [5.74, 6) is 1.06. The molecule has 0 spiro atoms. The van der Waals surface area contributed by atoms with E-state index in [1.54, 1.807) is 0 Å². The molecule has 0 unspecified atom stereocenters. The standard InChI is InChI=1S/C9H13N3/c1-12(8-6-10-7-8)9-4-2-3-5-11-9/h2-5,8,10H,6-7H2,1H3. The molecule has 0 bridgehead atoms. The molecule has 1 N–H and O–H groups in total. The first kappa shape index (κ1) is 7.55. The third-order valence-electron chi connectivity index (χ3n) is 2.32. The molecular weight excluding hydrogens is 150 g/mol. The van der Waals surface area contributed by atoms with Crippen molar-refractivity contribution in [2.45, 2.75) is 6.04 Å². The number of rotatable bonds is 2. The Hall–Kier alpha value is -1.09. The molecule has 3 heteroatoms. The SMILES string of the molecule is CN(c1ccccn1)C1CNC1. The van der Waals surface area contributed by atoms with Crippen molar-refractivity contribution >= 4 is 5.82 Å². The third-order valence-corrected chi connectivity index (χ3v) is 2.32. The smallest absolute Gasteiger partial charge is 0.128 e. The summed E-state index contributed by atoms with van der Waals surface area (Å²) in [7, 11) is 2.09. The highest BCUT2D eigenvalue weighted by atomic mass is 15.2. The van der Waals surface area contributed by atoms with Gasteiger partial charge in [-0.3, -0.25) is 0 Å². The zero-order valence-corrected chi connectivity index (χ0v) is 7.20. The Morgan fingerprint density at radius 1 is 1.50 bits per heavy atom. The zero-order valence-electron chi connectivity index (χ0n) is 7.20. The maximum atomic E-state index is 4.28. The number of aromatic nitrogens is 1. The summed E-state index contributed by atoms with van der Waals surface area (Å²) in [5, 5.41) is 3.24. The predicted octanol–water partition coefficient (Wildman–Crippen LogP) is 0.490. The molecule has 12 heavy (non-hydrogen) atoms. The maximum absolute atomic E-state index is 4.28. The van der Waals surface area contributed by atoms with Gasteiger partial charge < -0.3 is 10.2 Å². The fraction of sp³-hybridized carbons (Fsp3) is 0.444. The lowest BCUT2D eigenvalue weighted by atomic mass is 10.1. The van der Waals surface area contributed by atoms with Crippen molar-refractivity contribution in [2.24, 2.45) is 0 Å². The van der Waals surface area contributed by atoms with E-state index in [0.29, 0.717) is 6.04 Å². The first-order valence-corrected chi connectivity index (χ1v) is 4.22. The lowest BCUT2D eigenvalue weighted by molar-refractivity contribution is 0.427. The quantitative estimate of drug-likeness (QED) is 0.687. The molecule has 0 atom stereocenters. The van der Waals surface area contributed by atoms with Gasteiger partial charge in [0.15, 0.2) is 0 Å². The van der Waals surface area contributed by atoms with Crippen LogP contribution in [-0.2, 0) is 0 Å². The molecule has 1 aromatic rings. The molecule has 0 aromatic carbocycles. The second-order valence-electron chi connectivity index (χ2n) is 3.11. The van der Waals surface area contributed by atoms with Crippen molar-refractivity contribution in [2.75, 3.05) is 25.0 Å². The van der Waals surface area contributed by atoms with Gasteiger partial charge in [0.25, 0.3) is 0 Å². The van der Waals surface area contributed by atoms with Crippen LogP contribution in [0.3, 0.4) is 0 Å². The molecule has 1 saturated heterocycles. The number of nitrogens with one attached hydrogen (secondary N) is 1. The van der Waals surface area contributed by atoms with Crippen LogP contribution in [0.4, 0.5) is 5.82 Å². The van der Waals surface area contributed by atoms with Gasteiger partial charge in [0.05, 0.1) is 6.04 Å². The first-order valence-electron chi connectivity index (χ1n) is 4.22. The molecule has 1 aromatic heterocycles. The molecule has 0 radical (unpaired) electrons. The van der Waals surface area contributed by atoms with E-state index in [4.69, 9.17) is 0 Å². The number of pyridine rings is 1. The van der Waals surface area contributed by atoms with Crippen LogP contribution in [0.15, 0.2) is 24.4 Å². The molecule has 1 aliphatic rings. The van der Waals surface area contributed by atoms with Gasteiger partial charge in [-0.25, -0.2) is 4.98 Å². The molecule has 2 heterocycles. The van der Waals surface area contributed by atoms with Gasteiger partial charge in [-0.1, -0.05) is 6.07 Å². The zero-order chi connectivity index (χ0) is 8.39. The summed E-state index contributed by atoms with van der Waals surface area (Å²) >= 11 is 0. The largest absolute Gasteiger partial charge is 0.354 e. The number of likely N-dealkylation sites (N-methyl/N-ethyl adjacent to an activating group) is 1. The second-order valence-corrected chi connectivity index (χ2v) is 3.11. The average molecular weight is 163 g/mol. The van der Waals surface area contributed by atoms with Crippen molar-refractivity contribution in [1.29, 1.82) is 0 Å². The van der Waals surface area contributed by atoms with Crippen molar-refractivity contribution in [1.82, 2.24) is 10.3 Å². The highest BCUT2D eigenvalue weighted by molar-refractivity contribution is 5.38. The minimum absolute atomic E-state index is 0.625. The second kappa shape index (κ2) is 3.11. The van der Waals surface area contributed by atoms with E-state index in [0.717, 1.165) is 18.9 Å². The summed E-state index contributed by atoms with van der Waals surface area (Å²) in [6, 6.07) is 6.62. The highest BCUT2D eigenvalue weighted by Crippen LogP contribution is 2.12. The Kier molecular flexibility index (Phi) is 1.96. The average Bonchev–Trinajstić information content (AvgIpc) is 2.03. The van der Waals surface area contributed by atoms with Crippen LogP contribution in [0.2, 0.25) is 0 Å². The molecule has 0 saturated carbocycles. The van der Waals surface area contributed by atoms with Crippen molar-refractivity contribution in [3.63, 3.8) is 0 Å². The number of hydrogen-bond donors (Lipinski definition) is 1. The monoisotopic (exact) mass is 163 g/mol. The van der Waals surface area contributed by atoms with Gasteiger partial charge in [-0.2, -0.15) is 0 Å². The Bertz CT molecular complexity index is 243. The van der Waals surface area contributed by atoms with Crippen LogP contribution in [0, 0.1) is 0 Å². The van der Waals surface area contributed by atoms with Gasteiger partial charge in [-0.05, 0) is 12.1 Å². The predicted molar refractivity (Wildman–Crippen MR) is 49.3 cm³/mol. The summed E-state index contributed by atoms with van der Waals surface area (Å²) < 4.78 is 0. The van der Waals surface area contributed by atoms with E-state index in [1.165, 1.54) is 0 Å². The fourth-order valence-corrected chi connectivity index (χ4v) is 1.30. The van der Waals surface area contributed by atoms with Gasteiger partial charge in [0.2, 0.25) is 0 Å². The van der Waals surface area contributed by atoms with Crippen LogP contribution < -0.4 is 10.2 Å². The Labute approximate surface area is 72.4 Å². The third kappa shape index (κ3) is 1.28. The highest BCUT2D eigenvalue weighted by Gasteiger charge is 2.21. The van der Waals surface area contributed by atoms with Crippen LogP contribution >= 0.6 is 0 Å². The van der Waals surface area contributed by atoms with Crippen molar-refractivity contribution in [3.05, 3.63) is 24.4 Å². The van der Waals surface area contributed by atoms with Gasteiger partial charge in [0, 0.05) is 26.3 Å². The molecule has 1 fully saturated rings. The first-order chi connectivity index (χ1) is 5.88. The normalized spacial score (nSPS) is 17.1. The summed E-state index contributed by atoms with van der Waals surface area (Å²) in [6.07, 6.45) is 1.83. The van der Waals surface area contributed by atoms with E-state index in [9.17, 15) is 0 Å². The molecule has 2 rings (SSSR count). The Morgan fingerprint density at radius 2 is 2.33 bits per heavy atom. The molecular formula is C9H13N3. The summed E-state index contributed by atoms with van der Waals surface area (Å²) in [6.45, 7) is 2.15. The van der Waals surface area contributed by atoms with E-state index in [1.807, 2.05) is 24.4 Å². The van der Waals surface area contributed by atoms with E-state index < -0.39 is 0 Å². The number of nitrogens with zero attached hydrogens (tertiary/aromatic N) is 2. The fourth-order valence-electron chi connectivity index (χ4n) is 1.30. The molecule has 64 valence electrons.